The largest absolute Gasteiger partial charge is 0.497 e. The van der Waals surface area contributed by atoms with E-state index in [-0.39, 0.29) is 11.2 Å². The van der Waals surface area contributed by atoms with Gasteiger partial charge in [0.25, 0.3) is 5.56 Å². The van der Waals surface area contributed by atoms with Crippen LogP contribution in [0, 0.1) is 0 Å². The molecule has 0 radical (unpaired) electrons. The van der Waals surface area contributed by atoms with E-state index in [1.165, 1.54) is 17.2 Å². The Kier molecular flexibility index (Phi) is 6.76. The fourth-order valence-corrected chi connectivity index (χ4v) is 4.43. The molecule has 1 aliphatic rings. The maximum atomic E-state index is 12.6. The molecule has 1 aromatic carbocycles. The first-order valence-electron chi connectivity index (χ1n) is 11.2. The van der Waals surface area contributed by atoms with Gasteiger partial charge in [0.15, 0.2) is 11.2 Å². The Morgan fingerprint density at radius 1 is 0.938 bits per heavy atom. The second-order valence-electron chi connectivity index (χ2n) is 8.49. The SMILES string of the molecule is COc1ccc(CN2CCCN(CCCn3cnc4c3c(=O)n(C)c(=O)n4C)CC2)cc1. The summed E-state index contributed by atoms with van der Waals surface area (Å²) in [6.07, 6.45) is 3.74. The van der Waals surface area contributed by atoms with E-state index < -0.39 is 0 Å². The number of aryl methyl sites for hydroxylation is 2. The third kappa shape index (κ3) is 4.63. The van der Waals surface area contributed by atoms with Gasteiger partial charge in [0, 0.05) is 40.3 Å². The number of nitrogens with zero attached hydrogens (tertiary/aromatic N) is 6. The van der Waals surface area contributed by atoms with Crippen LogP contribution in [0.5, 0.6) is 5.75 Å². The molecule has 0 atom stereocenters. The molecule has 0 spiro atoms. The highest BCUT2D eigenvalue weighted by Crippen LogP contribution is 2.14. The van der Waals surface area contributed by atoms with E-state index in [9.17, 15) is 9.59 Å². The number of imidazole rings is 1. The fraction of sp³-hybridized carbons (Fsp3) is 0.522. The van der Waals surface area contributed by atoms with E-state index in [2.05, 4.69) is 26.9 Å². The number of aromatic nitrogens is 4. The molecule has 3 aromatic rings. The highest BCUT2D eigenvalue weighted by atomic mass is 16.5. The minimum absolute atomic E-state index is 0.287. The molecule has 4 rings (SSSR count). The van der Waals surface area contributed by atoms with Crippen LogP contribution in [-0.2, 0) is 27.2 Å². The molecule has 0 amide bonds. The van der Waals surface area contributed by atoms with Crippen molar-refractivity contribution < 1.29 is 4.74 Å². The standard InChI is InChI=1S/C23H32N6O3/c1-25-21-20(22(30)26(2)23(25)31)29(17-24-21)13-5-11-27-10-4-12-28(15-14-27)16-18-6-8-19(32-3)9-7-18/h6-9,17H,4-5,10-16H2,1-3H3. The van der Waals surface area contributed by atoms with Crippen molar-refractivity contribution in [1.29, 1.82) is 0 Å². The molecule has 2 aromatic heterocycles. The number of rotatable bonds is 7. The second-order valence-corrected chi connectivity index (χ2v) is 8.49. The van der Waals surface area contributed by atoms with Crippen LogP contribution in [0.3, 0.4) is 0 Å². The van der Waals surface area contributed by atoms with E-state index in [0.717, 1.165) is 62.4 Å². The maximum Gasteiger partial charge on any atom is 0.332 e. The summed E-state index contributed by atoms with van der Waals surface area (Å²) in [6, 6.07) is 8.31. The van der Waals surface area contributed by atoms with Gasteiger partial charge < -0.3 is 14.2 Å². The molecule has 0 N–H and O–H groups in total. The summed E-state index contributed by atoms with van der Waals surface area (Å²) in [5.41, 5.74) is 1.61. The molecule has 1 aliphatic heterocycles. The summed E-state index contributed by atoms with van der Waals surface area (Å²) < 4.78 is 9.70. The van der Waals surface area contributed by atoms with Gasteiger partial charge >= 0.3 is 5.69 Å². The fourth-order valence-electron chi connectivity index (χ4n) is 4.43. The smallest absolute Gasteiger partial charge is 0.332 e. The third-order valence-electron chi connectivity index (χ3n) is 6.34. The zero-order valence-electron chi connectivity index (χ0n) is 19.2. The van der Waals surface area contributed by atoms with Crippen molar-refractivity contribution in [2.75, 3.05) is 39.8 Å². The molecule has 0 bridgehead atoms. The summed E-state index contributed by atoms with van der Waals surface area (Å²) >= 11 is 0. The second kappa shape index (κ2) is 9.70. The maximum absolute atomic E-state index is 12.6. The number of methoxy groups -OCH3 is 1. The normalized spacial score (nSPS) is 15.8. The van der Waals surface area contributed by atoms with Crippen LogP contribution < -0.4 is 16.0 Å². The Morgan fingerprint density at radius 3 is 2.41 bits per heavy atom. The molecular weight excluding hydrogens is 408 g/mol. The van der Waals surface area contributed by atoms with E-state index in [1.54, 1.807) is 20.5 Å². The summed E-state index contributed by atoms with van der Waals surface area (Å²) in [7, 11) is 4.85. The van der Waals surface area contributed by atoms with E-state index in [0.29, 0.717) is 17.7 Å². The Balaban J connectivity index is 1.31. The molecule has 32 heavy (non-hydrogen) atoms. The summed E-state index contributed by atoms with van der Waals surface area (Å²) in [4.78, 5) is 34.0. The molecular formula is C23H32N6O3. The number of hydrogen-bond donors (Lipinski definition) is 0. The van der Waals surface area contributed by atoms with Gasteiger partial charge in [0.05, 0.1) is 13.4 Å². The van der Waals surface area contributed by atoms with Crippen LogP contribution in [0.1, 0.15) is 18.4 Å². The van der Waals surface area contributed by atoms with Gasteiger partial charge in [0.2, 0.25) is 0 Å². The van der Waals surface area contributed by atoms with Crippen molar-refractivity contribution in [1.82, 2.24) is 28.5 Å². The lowest BCUT2D eigenvalue weighted by molar-refractivity contribution is 0.248. The molecule has 3 heterocycles. The van der Waals surface area contributed by atoms with Gasteiger partial charge in [-0.2, -0.15) is 0 Å². The van der Waals surface area contributed by atoms with Gasteiger partial charge in [0.1, 0.15) is 5.75 Å². The van der Waals surface area contributed by atoms with Crippen LogP contribution in [-0.4, -0.2) is 68.3 Å². The first-order valence-corrected chi connectivity index (χ1v) is 11.2. The minimum atomic E-state index is -0.350. The lowest BCUT2D eigenvalue weighted by Gasteiger charge is -2.22. The number of hydrogen-bond acceptors (Lipinski definition) is 6. The molecule has 1 saturated heterocycles. The van der Waals surface area contributed by atoms with Gasteiger partial charge in [-0.05, 0) is 50.2 Å². The Bertz CT molecular complexity index is 1180. The average molecular weight is 441 g/mol. The third-order valence-corrected chi connectivity index (χ3v) is 6.34. The van der Waals surface area contributed by atoms with E-state index in [1.807, 2.05) is 16.7 Å². The van der Waals surface area contributed by atoms with Crippen molar-refractivity contribution >= 4 is 11.2 Å². The van der Waals surface area contributed by atoms with E-state index >= 15 is 0 Å². The first kappa shape index (κ1) is 22.3. The van der Waals surface area contributed by atoms with Gasteiger partial charge in [-0.25, -0.2) is 9.78 Å². The van der Waals surface area contributed by atoms with Gasteiger partial charge in [-0.1, -0.05) is 12.1 Å². The summed E-state index contributed by atoms with van der Waals surface area (Å²) in [5.74, 6) is 0.890. The lowest BCUT2D eigenvalue weighted by atomic mass is 10.2. The first-order chi connectivity index (χ1) is 15.5. The van der Waals surface area contributed by atoms with Gasteiger partial charge in [-0.3, -0.25) is 18.8 Å². The predicted octanol–water partition coefficient (Wildman–Crippen LogP) is 1.04. The van der Waals surface area contributed by atoms with Crippen LogP contribution >= 0.6 is 0 Å². The Labute approximate surface area is 187 Å². The Hall–Kier alpha value is -2.91. The monoisotopic (exact) mass is 440 g/mol. The minimum Gasteiger partial charge on any atom is -0.497 e. The van der Waals surface area contributed by atoms with Crippen molar-refractivity contribution in [2.45, 2.75) is 25.9 Å². The van der Waals surface area contributed by atoms with Crippen LogP contribution in [0.25, 0.3) is 11.2 Å². The molecule has 172 valence electrons. The lowest BCUT2D eigenvalue weighted by Crippen LogP contribution is -2.37. The average Bonchev–Trinajstić information content (AvgIpc) is 3.11. The number of benzene rings is 1. The quantitative estimate of drug-likeness (QED) is 0.546. The van der Waals surface area contributed by atoms with Crippen molar-refractivity contribution in [3.05, 3.63) is 57.0 Å². The molecule has 0 unspecified atom stereocenters. The topological polar surface area (TPSA) is 77.5 Å². The zero-order chi connectivity index (χ0) is 22.7. The van der Waals surface area contributed by atoms with Gasteiger partial charge in [-0.15, -0.1) is 0 Å². The molecule has 0 saturated carbocycles. The molecule has 9 heteroatoms. The molecule has 0 aliphatic carbocycles. The van der Waals surface area contributed by atoms with Crippen molar-refractivity contribution in [2.24, 2.45) is 14.1 Å². The highest BCUT2D eigenvalue weighted by molar-refractivity contribution is 5.69. The van der Waals surface area contributed by atoms with Crippen molar-refractivity contribution in [3.8, 4) is 5.75 Å². The summed E-state index contributed by atoms with van der Waals surface area (Å²) in [5, 5.41) is 0. The zero-order valence-corrected chi connectivity index (χ0v) is 19.2. The van der Waals surface area contributed by atoms with Crippen LogP contribution in [0.15, 0.2) is 40.2 Å². The summed E-state index contributed by atoms with van der Waals surface area (Å²) in [6.45, 7) is 6.90. The number of ether oxygens (including phenoxy) is 1. The highest BCUT2D eigenvalue weighted by Gasteiger charge is 2.17. The van der Waals surface area contributed by atoms with Crippen LogP contribution in [0.4, 0.5) is 0 Å². The number of fused-ring (bicyclic) bond motifs is 1. The van der Waals surface area contributed by atoms with Crippen molar-refractivity contribution in [3.63, 3.8) is 0 Å². The predicted molar refractivity (Wildman–Crippen MR) is 124 cm³/mol. The molecule has 1 fully saturated rings. The van der Waals surface area contributed by atoms with Crippen LogP contribution in [0.2, 0.25) is 0 Å². The van der Waals surface area contributed by atoms with E-state index in [4.69, 9.17) is 4.74 Å². The Morgan fingerprint density at radius 2 is 1.66 bits per heavy atom. The molecule has 9 nitrogen and oxygen atoms in total.